The number of aromatic hydroxyl groups is 1. The van der Waals surface area contributed by atoms with E-state index in [9.17, 15) is 21.9 Å². The number of sulfone groups is 1. The van der Waals surface area contributed by atoms with Crippen LogP contribution in [0, 0.1) is 0 Å². The molecule has 1 aliphatic rings. The molecule has 1 aliphatic heterocycles. The summed E-state index contributed by atoms with van der Waals surface area (Å²) in [6.45, 7) is 0. The first kappa shape index (κ1) is 11.4. The summed E-state index contributed by atoms with van der Waals surface area (Å²) < 4.78 is 44.3. The molecule has 1 atom stereocenters. The molecule has 88 valence electrons. The fourth-order valence-electron chi connectivity index (χ4n) is 1.70. The monoisotopic (exact) mass is 263 g/mol. The second-order valence-corrected chi connectivity index (χ2v) is 7.70. The fraction of sp³-hybridized carbons (Fsp3) is 0.250. The Bertz CT molecular complexity index is 647. The van der Waals surface area contributed by atoms with Gasteiger partial charge in [0.2, 0.25) is 10.0 Å². The largest absolute Gasteiger partial charge is 0.508 e. The van der Waals surface area contributed by atoms with E-state index in [2.05, 4.69) is 0 Å². The number of sulfonamides is 1. The minimum atomic E-state index is -4.16. The molecule has 0 aliphatic carbocycles. The van der Waals surface area contributed by atoms with Gasteiger partial charge < -0.3 is 5.11 Å². The maximum atomic E-state index is 11.8. The van der Waals surface area contributed by atoms with Gasteiger partial charge in [-0.25, -0.2) is 22.0 Å². The van der Waals surface area contributed by atoms with Crippen LogP contribution in [0.1, 0.15) is 5.56 Å². The van der Waals surface area contributed by atoms with Crippen LogP contribution in [0.2, 0.25) is 0 Å². The highest BCUT2D eigenvalue weighted by atomic mass is 32.3. The van der Waals surface area contributed by atoms with Gasteiger partial charge in [-0.05, 0) is 17.7 Å². The maximum absolute atomic E-state index is 11.8. The van der Waals surface area contributed by atoms with Gasteiger partial charge in [0.15, 0.2) is 14.4 Å². The van der Waals surface area contributed by atoms with Gasteiger partial charge in [-0.1, -0.05) is 6.07 Å². The fourth-order valence-corrected chi connectivity index (χ4v) is 5.32. The highest BCUT2D eigenvalue weighted by Gasteiger charge is 2.44. The topological polar surface area (TPSA) is 115 Å². The zero-order valence-electron chi connectivity index (χ0n) is 7.99. The van der Waals surface area contributed by atoms with E-state index in [0.29, 0.717) is 5.56 Å². The molecule has 0 amide bonds. The van der Waals surface area contributed by atoms with Gasteiger partial charge in [-0.2, -0.15) is 0 Å². The van der Waals surface area contributed by atoms with Crippen LogP contribution in [0.5, 0.6) is 5.75 Å². The van der Waals surface area contributed by atoms with E-state index in [1.165, 1.54) is 12.1 Å². The summed E-state index contributed by atoms with van der Waals surface area (Å²) in [4.78, 5) is -0.161. The van der Waals surface area contributed by atoms with Crippen LogP contribution in [-0.2, 0) is 26.3 Å². The molecule has 0 spiro atoms. The molecule has 0 aromatic heterocycles. The average molecular weight is 263 g/mol. The van der Waals surface area contributed by atoms with E-state index in [1.54, 1.807) is 0 Å². The van der Waals surface area contributed by atoms with Crippen LogP contribution in [-0.4, -0.2) is 26.5 Å². The number of fused-ring (bicyclic) bond motifs is 1. The third-order valence-corrected chi connectivity index (χ3v) is 6.77. The standard InChI is InChI=1S/C8H9NO5S2/c9-16(13,14)8-3-5-1-2-6(10)4-7(5)15(8,11)12/h1-2,4,8,10H,3H2,(H2,9,13,14). The van der Waals surface area contributed by atoms with Gasteiger partial charge in [0.25, 0.3) is 0 Å². The predicted octanol–water partition coefficient (Wildman–Crippen LogP) is -0.663. The summed E-state index contributed by atoms with van der Waals surface area (Å²) in [5.74, 6) is -0.225. The molecule has 0 saturated heterocycles. The highest BCUT2D eigenvalue weighted by molar-refractivity contribution is 8.08. The van der Waals surface area contributed by atoms with Gasteiger partial charge in [0.1, 0.15) is 5.75 Å². The van der Waals surface area contributed by atoms with Gasteiger partial charge in [-0.3, -0.25) is 0 Å². The first-order chi connectivity index (χ1) is 7.23. The summed E-state index contributed by atoms with van der Waals surface area (Å²) in [7, 11) is -8.16. The zero-order valence-corrected chi connectivity index (χ0v) is 9.62. The van der Waals surface area contributed by atoms with Crippen molar-refractivity contribution in [1.82, 2.24) is 0 Å². The average Bonchev–Trinajstić information content (AvgIpc) is 2.38. The highest BCUT2D eigenvalue weighted by Crippen LogP contribution is 2.34. The summed E-state index contributed by atoms with van der Waals surface area (Å²) in [6, 6.07) is 3.73. The van der Waals surface area contributed by atoms with Crippen LogP contribution in [0.4, 0.5) is 0 Å². The molecule has 8 heteroatoms. The van der Waals surface area contributed by atoms with E-state index >= 15 is 0 Å². The van der Waals surface area contributed by atoms with Crippen LogP contribution in [0.15, 0.2) is 23.1 Å². The first-order valence-corrected chi connectivity index (χ1v) is 7.46. The Morgan fingerprint density at radius 1 is 1.38 bits per heavy atom. The Balaban J connectivity index is 2.69. The maximum Gasteiger partial charge on any atom is 0.227 e. The molecule has 0 fully saturated rings. The van der Waals surface area contributed by atoms with Crippen molar-refractivity contribution in [3.8, 4) is 5.75 Å². The normalized spacial score (nSPS) is 22.9. The van der Waals surface area contributed by atoms with Crippen molar-refractivity contribution >= 4 is 19.9 Å². The van der Waals surface area contributed by atoms with Crippen molar-refractivity contribution in [3.63, 3.8) is 0 Å². The Labute approximate surface area is 92.7 Å². The van der Waals surface area contributed by atoms with Crippen molar-refractivity contribution in [2.75, 3.05) is 0 Å². The minimum absolute atomic E-state index is 0.161. The van der Waals surface area contributed by atoms with Crippen molar-refractivity contribution in [3.05, 3.63) is 23.8 Å². The molecule has 1 aromatic rings. The second-order valence-electron chi connectivity index (χ2n) is 3.56. The zero-order chi connectivity index (χ0) is 12.1. The molecule has 3 N–H and O–H groups in total. The Hall–Kier alpha value is -1.12. The van der Waals surface area contributed by atoms with Crippen LogP contribution in [0.3, 0.4) is 0 Å². The van der Waals surface area contributed by atoms with Crippen LogP contribution in [0.25, 0.3) is 0 Å². The lowest BCUT2D eigenvalue weighted by atomic mass is 10.2. The van der Waals surface area contributed by atoms with Crippen molar-refractivity contribution < 1.29 is 21.9 Å². The number of rotatable bonds is 1. The van der Waals surface area contributed by atoms with Crippen molar-refractivity contribution in [2.24, 2.45) is 5.14 Å². The lowest BCUT2D eigenvalue weighted by Gasteiger charge is -2.05. The molecular formula is C8H9NO5S2. The number of phenolic OH excluding ortho intramolecular Hbond substituents is 1. The van der Waals surface area contributed by atoms with E-state index in [4.69, 9.17) is 5.14 Å². The molecule has 1 heterocycles. The Morgan fingerprint density at radius 2 is 2.00 bits per heavy atom. The third-order valence-electron chi connectivity index (χ3n) is 2.46. The molecule has 1 unspecified atom stereocenters. The predicted molar refractivity (Wildman–Crippen MR) is 55.9 cm³/mol. The van der Waals surface area contributed by atoms with Gasteiger partial charge in [0.05, 0.1) is 4.90 Å². The van der Waals surface area contributed by atoms with Gasteiger partial charge in [0, 0.05) is 6.42 Å². The number of benzene rings is 1. The quantitative estimate of drug-likeness (QED) is 0.697. The van der Waals surface area contributed by atoms with E-state index in [1.807, 2.05) is 0 Å². The third kappa shape index (κ3) is 1.58. The smallest absolute Gasteiger partial charge is 0.227 e. The summed E-state index contributed by atoms with van der Waals surface area (Å²) >= 11 is 0. The Morgan fingerprint density at radius 3 is 2.56 bits per heavy atom. The summed E-state index contributed by atoms with van der Waals surface area (Å²) in [5.41, 5.74) is 0.358. The number of hydrogen-bond donors (Lipinski definition) is 2. The second kappa shape index (κ2) is 3.19. The van der Waals surface area contributed by atoms with Crippen LogP contribution >= 0.6 is 0 Å². The van der Waals surface area contributed by atoms with Crippen LogP contribution < -0.4 is 5.14 Å². The van der Waals surface area contributed by atoms with E-state index in [-0.39, 0.29) is 17.1 Å². The molecule has 0 bridgehead atoms. The number of nitrogens with two attached hydrogens (primary N) is 1. The summed E-state index contributed by atoms with van der Waals surface area (Å²) in [6.07, 6.45) is -0.170. The molecular weight excluding hydrogens is 254 g/mol. The molecule has 6 nitrogen and oxygen atoms in total. The SMILES string of the molecule is NS(=O)(=O)C1Cc2ccc(O)cc2S1(=O)=O. The van der Waals surface area contributed by atoms with E-state index < -0.39 is 24.4 Å². The molecule has 16 heavy (non-hydrogen) atoms. The number of phenols is 1. The van der Waals surface area contributed by atoms with Gasteiger partial charge in [-0.15, -0.1) is 0 Å². The minimum Gasteiger partial charge on any atom is -0.508 e. The summed E-state index contributed by atoms with van der Waals surface area (Å²) in [5, 5.41) is 14.0. The molecule has 2 rings (SSSR count). The van der Waals surface area contributed by atoms with Crippen molar-refractivity contribution in [1.29, 1.82) is 0 Å². The van der Waals surface area contributed by atoms with Crippen molar-refractivity contribution in [2.45, 2.75) is 15.9 Å². The van der Waals surface area contributed by atoms with E-state index in [0.717, 1.165) is 6.07 Å². The number of hydrogen-bond acceptors (Lipinski definition) is 5. The van der Waals surface area contributed by atoms with Gasteiger partial charge >= 0.3 is 0 Å². The lowest BCUT2D eigenvalue weighted by molar-refractivity contribution is 0.473. The Kier molecular flexibility index (Phi) is 2.26. The molecule has 0 saturated carbocycles. The molecule has 0 radical (unpaired) electrons. The molecule has 1 aromatic carbocycles. The number of primary sulfonamides is 1. The first-order valence-electron chi connectivity index (χ1n) is 4.30. The lowest BCUT2D eigenvalue weighted by Crippen LogP contribution is -2.33.